The molecule has 108 valence electrons. The highest BCUT2D eigenvalue weighted by Crippen LogP contribution is 2.22. The summed E-state index contributed by atoms with van der Waals surface area (Å²) in [6.07, 6.45) is 6.60. The van der Waals surface area contributed by atoms with E-state index in [4.69, 9.17) is 9.47 Å². The van der Waals surface area contributed by atoms with Crippen molar-refractivity contribution in [1.29, 1.82) is 0 Å². The molecule has 1 aliphatic rings. The van der Waals surface area contributed by atoms with E-state index in [2.05, 4.69) is 22.8 Å². The number of hydrogen-bond acceptors (Lipinski definition) is 4. The maximum atomic E-state index is 5.91. The number of rotatable bonds is 8. The van der Waals surface area contributed by atoms with E-state index in [-0.39, 0.29) is 0 Å². The lowest BCUT2D eigenvalue weighted by atomic mass is 9.95. The zero-order valence-corrected chi connectivity index (χ0v) is 12.6. The van der Waals surface area contributed by atoms with Gasteiger partial charge >= 0.3 is 0 Å². The molecule has 4 heteroatoms. The van der Waals surface area contributed by atoms with Gasteiger partial charge in [0.25, 0.3) is 0 Å². The van der Waals surface area contributed by atoms with Crippen molar-refractivity contribution in [2.75, 3.05) is 26.8 Å². The second kappa shape index (κ2) is 8.69. The minimum Gasteiger partial charge on any atom is -0.381 e. The van der Waals surface area contributed by atoms with Crippen molar-refractivity contribution in [2.24, 2.45) is 0 Å². The topological polar surface area (TPSA) is 30.5 Å². The highest BCUT2D eigenvalue weighted by molar-refractivity contribution is 7.09. The second-order valence-electron chi connectivity index (χ2n) is 5.10. The molecule has 2 atom stereocenters. The van der Waals surface area contributed by atoms with Gasteiger partial charge in [-0.2, -0.15) is 0 Å². The van der Waals surface area contributed by atoms with Crippen molar-refractivity contribution < 1.29 is 9.47 Å². The molecule has 0 amide bonds. The molecular weight excluding hydrogens is 258 g/mol. The minimum atomic E-state index is 0.401. The molecule has 1 aliphatic carbocycles. The maximum absolute atomic E-state index is 5.91. The van der Waals surface area contributed by atoms with Gasteiger partial charge in [0.05, 0.1) is 18.8 Å². The largest absolute Gasteiger partial charge is 0.381 e. The molecule has 2 rings (SSSR count). The Kier molecular flexibility index (Phi) is 6.85. The Labute approximate surface area is 120 Å². The zero-order valence-electron chi connectivity index (χ0n) is 11.8. The molecule has 19 heavy (non-hydrogen) atoms. The Balaban J connectivity index is 1.47. The van der Waals surface area contributed by atoms with Crippen molar-refractivity contribution in [3.63, 3.8) is 0 Å². The minimum absolute atomic E-state index is 0.401. The summed E-state index contributed by atoms with van der Waals surface area (Å²) >= 11 is 1.83. The van der Waals surface area contributed by atoms with Crippen molar-refractivity contribution >= 4 is 11.3 Å². The van der Waals surface area contributed by atoms with Crippen LogP contribution in [0.3, 0.4) is 0 Å². The maximum Gasteiger partial charge on any atom is 0.0600 e. The number of methoxy groups -OCH3 is 1. The number of hydrogen-bond donors (Lipinski definition) is 1. The van der Waals surface area contributed by atoms with Gasteiger partial charge in [0.1, 0.15) is 0 Å². The summed E-state index contributed by atoms with van der Waals surface area (Å²) in [4.78, 5) is 1.45. The highest BCUT2D eigenvalue weighted by Gasteiger charge is 2.21. The number of ether oxygens (including phenoxy) is 2. The van der Waals surface area contributed by atoms with Crippen LogP contribution in [-0.2, 0) is 15.9 Å². The summed E-state index contributed by atoms with van der Waals surface area (Å²) < 4.78 is 11.3. The number of thiophene rings is 1. The Morgan fingerprint density at radius 2 is 2.21 bits per heavy atom. The Morgan fingerprint density at radius 3 is 3.00 bits per heavy atom. The molecule has 0 radical (unpaired) electrons. The van der Waals surface area contributed by atoms with E-state index in [1.807, 2.05) is 11.3 Å². The van der Waals surface area contributed by atoms with Crippen molar-refractivity contribution in [3.05, 3.63) is 22.4 Å². The van der Waals surface area contributed by atoms with E-state index in [1.165, 1.54) is 24.1 Å². The molecule has 1 aromatic heterocycles. The Bertz CT molecular complexity index is 329. The molecule has 1 N–H and O–H groups in total. The van der Waals surface area contributed by atoms with E-state index in [0.717, 1.165) is 32.5 Å². The van der Waals surface area contributed by atoms with Gasteiger partial charge in [-0.25, -0.2) is 0 Å². The van der Waals surface area contributed by atoms with E-state index in [0.29, 0.717) is 12.2 Å². The normalized spacial score (nSPS) is 23.6. The van der Waals surface area contributed by atoms with E-state index < -0.39 is 0 Å². The van der Waals surface area contributed by atoms with Crippen LogP contribution in [0.4, 0.5) is 0 Å². The summed E-state index contributed by atoms with van der Waals surface area (Å²) in [5, 5.41) is 5.57. The molecule has 1 aromatic rings. The average molecular weight is 283 g/mol. The SMILES string of the molecule is COC1CCCC(OCCNCCc2cccs2)C1. The van der Waals surface area contributed by atoms with Crippen LogP contribution >= 0.6 is 11.3 Å². The van der Waals surface area contributed by atoms with Crippen LogP contribution in [0.2, 0.25) is 0 Å². The van der Waals surface area contributed by atoms with Gasteiger partial charge in [-0.15, -0.1) is 11.3 Å². The lowest BCUT2D eigenvalue weighted by Crippen LogP contribution is -2.30. The molecule has 0 bridgehead atoms. The van der Waals surface area contributed by atoms with Crippen molar-refractivity contribution in [3.8, 4) is 0 Å². The first-order valence-electron chi connectivity index (χ1n) is 7.26. The van der Waals surface area contributed by atoms with Gasteiger partial charge in [0, 0.05) is 25.1 Å². The summed E-state index contributed by atoms with van der Waals surface area (Å²) in [6.45, 7) is 2.79. The summed E-state index contributed by atoms with van der Waals surface area (Å²) in [6, 6.07) is 4.30. The fourth-order valence-corrected chi connectivity index (χ4v) is 3.27. The van der Waals surface area contributed by atoms with Crippen LogP contribution in [0, 0.1) is 0 Å². The first-order valence-corrected chi connectivity index (χ1v) is 8.14. The van der Waals surface area contributed by atoms with Crippen LogP contribution in [0.25, 0.3) is 0 Å². The molecule has 3 nitrogen and oxygen atoms in total. The fourth-order valence-electron chi connectivity index (χ4n) is 2.56. The predicted octanol–water partition coefficient (Wildman–Crippen LogP) is 2.85. The zero-order chi connectivity index (χ0) is 13.3. The summed E-state index contributed by atoms with van der Waals surface area (Å²) in [5.41, 5.74) is 0. The van der Waals surface area contributed by atoms with Gasteiger partial charge < -0.3 is 14.8 Å². The van der Waals surface area contributed by atoms with Gasteiger partial charge in [0.2, 0.25) is 0 Å². The van der Waals surface area contributed by atoms with Crippen LogP contribution < -0.4 is 5.32 Å². The van der Waals surface area contributed by atoms with Gasteiger partial charge in [-0.05, 0) is 43.6 Å². The first-order chi connectivity index (χ1) is 9.38. The average Bonchev–Trinajstić information content (AvgIpc) is 2.96. The van der Waals surface area contributed by atoms with Crippen molar-refractivity contribution in [2.45, 2.75) is 44.3 Å². The van der Waals surface area contributed by atoms with E-state index in [1.54, 1.807) is 7.11 Å². The van der Waals surface area contributed by atoms with Crippen molar-refractivity contribution in [1.82, 2.24) is 5.32 Å². The molecule has 0 aromatic carbocycles. The summed E-state index contributed by atoms with van der Waals surface area (Å²) in [5.74, 6) is 0. The summed E-state index contributed by atoms with van der Waals surface area (Å²) in [7, 11) is 1.80. The third kappa shape index (κ3) is 5.61. The molecule has 0 saturated heterocycles. The first kappa shape index (κ1) is 15.0. The molecule has 1 fully saturated rings. The van der Waals surface area contributed by atoms with E-state index >= 15 is 0 Å². The Hall–Kier alpha value is -0.420. The monoisotopic (exact) mass is 283 g/mol. The van der Waals surface area contributed by atoms with Crippen LogP contribution in [-0.4, -0.2) is 39.0 Å². The van der Waals surface area contributed by atoms with Gasteiger partial charge in [-0.3, -0.25) is 0 Å². The lowest BCUT2D eigenvalue weighted by Gasteiger charge is -2.28. The predicted molar refractivity (Wildman–Crippen MR) is 79.9 cm³/mol. The fraction of sp³-hybridized carbons (Fsp3) is 0.733. The standard InChI is InChI=1S/C15H25NO2S/c1-17-13-4-2-5-14(12-13)18-10-9-16-8-7-15-6-3-11-19-15/h3,6,11,13-14,16H,2,4-5,7-10,12H2,1H3. The van der Waals surface area contributed by atoms with Gasteiger partial charge in [0.15, 0.2) is 0 Å². The molecule has 0 aliphatic heterocycles. The lowest BCUT2D eigenvalue weighted by molar-refractivity contribution is -0.0281. The van der Waals surface area contributed by atoms with Crippen LogP contribution in [0.15, 0.2) is 17.5 Å². The van der Waals surface area contributed by atoms with E-state index in [9.17, 15) is 0 Å². The van der Waals surface area contributed by atoms with Gasteiger partial charge in [-0.1, -0.05) is 6.07 Å². The third-order valence-corrected chi connectivity index (χ3v) is 4.61. The molecule has 0 spiro atoms. The number of nitrogens with one attached hydrogen (secondary N) is 1. The third-order valence-electron chi connectivity index (χ3n) is 3.67. The Morgan fingerprint density at radius 1 is 1.32 bits per heavy atom. The molecule has 2 unspecified atom stereocenters. The van der Waals surface area contributed by atoms with Crippen LogP contribution in [0.5, 0.6) is 0 Å². The molecular formula is C15H25NO2S. The quantitative estimate of drug-likeness (QED) is 0.744. The smallest absolute Gasteiger partial charge is 0.0600 e. The molecule has 1 heterocycles. The highest BCUT2D eigenvalue weighted by atomic mass is 32.1. The molecule has 1 saturated carbocycles. The van der Waals surface area contributed by atoms with Crippen LogP contribution in [0.1, 0.15) is 30.6 Å². The second-order valence-corrected chi connectivity index (χ2v) is 6.13.